The lowest BCUT2D eigenvalue weighted by Crippen LogP contribution is -2.20. The Morgan fingerprint density at radius 3 is 2.00 bits per heavy atom. The maximum Gasteiger partial charge on any atom is 0.422 e. The highest BCUT2D eigenvalue weighted by Gasteiger charge is 2.29. The molecule has 0 heterocycles. The van der Waals surface area contributed by atoms with Gasteiger partial charge in [0, 0.05) is 0 Å². The van der Waals surface area contributed by atoms with E-state index in [0.717, 1.165) is 12.1 Å². The van der Waals surface area contributed by atoms with Crippen molar-refractivity contribution < 1.29 is 26.7 Å². The van der Waals surface area contributed by atoms with Crippen LogP contribution in [0.15, 0.2) is 12.1 Å². The topological polar surface area (TPSA) is 9.23 Å². The van der Waals surface area contributed by atoms with E-state index < -0.39 is 30.2 Å². The molecule has 0 aromatic heterocycles. The van der Waals surface area contributed by atoms with Crippen molar-refractivity contribution in [2.45, 2.75) is 19.5 Å². The normalized spacial score (nSPS) is 11.6. The van der Waals surface area contributed by atoms with Crippen molar-refractivity contribution >= 4 is 0 Å². The molecule has 6 heteroatoms. The number of rotatable bonds is 3. The Kier molecular flexibility index (Phi) is 3.72. The van der Waals surface area contributed by atoms with Crippen molar-refractivity contribution in [1.82, 2.24) is 0 Å². The average molecular weight is 240 g/mol. The van der Waals surface area contributed by atoms with Crippen LogP contribution in [0.1, 0.15) is 12.5 Å². The molecule has 0 fully saturated rings. The summed E-state index contributed by atoms with van der Waals surface area (Å²) >= 11 is 0. The Labute approximate surface area is 88.8 Å². The molecule has 90 valence electrons. The third-order valence-electron chi connectivity index (χ3n) is 1.85. The Morgan fingerprint density at radius 1 is 1.12 bits per heavy atom. The minimum Gasteiger partial charge on any atom is -0.478 e. The Hall–Kier alpha value is -1.33. The standard InChI is InChI=1S/C10H9F5O/c1-2-6-3-7(11)9(8(12)4-6)16-5-10(13,14)15/h3-4H,2,5H2,1H3. The quantitative estimate of drug-likeness (QED) is 0.735. The van der Waals surface area contributed by atoms with Crippen LogP contribution in [-0.2, 0) is 6.42 Å². The fourth-order valence-electron chi connectivity index (χ4n) is 1.11. The van der Waals surface area contributed by atoms with Crippen molar-refractivity contribution in [3.63, 3.8) is 0 Å². The summed E-state index contributed by atoms with van der Waals surface area (Å²) in [5, 5.41) is 0. The summed E-state index contributed by atoms with van der Waals surface area (Å²) in [6.07, 6.45) is -4.24. The predicted octanol–water partition coefficient (Wildman–Crippen LogP) is 3.47. The van der Waals surface area contributed by atoms with E-state index in [0.29, 0.717) is 12.0 Å². The van der Waals surface area contributed by atoms with Crippen molar-refractivity contribution in [3.8, 4) is 5.75 Å². The molecular weight excluding hydrogens is 231 g/mol. The van der Waals surface area contributed by atoms with E-state index in [1.54, 1.807) is 6.92 Å². The summed E-state index contributed by atoms with van der Waals surface area (Å²) in [5.74, 6) is -3.24. The third kappa shape index (κ3) is 3.36. The van der Waals surface area contributed by atoms with E-state index >= 15 is 0 Å². The van der Waals surface area contributed by atoms with Crippen LogP contribution in [0.5, 0.6) is 5.75 Å². The molecule has 1 aromatic rings. The second kappa shape index (κ2) is 4.67. The minimum atomic E-state index is -4.62. The highest BCUT2D eigenvalue weighted by Crippen LogP contribution is 2.25. The molecular formula is C10H9F5O. The van der Waals surface area contributed by atoms with E-state index in [2.05, 4.69) is 4.74 Å². The van der Waals surface area contributed by atoms with Gasteiger partial charge in [-0.2, -0.15) is 13.2 Å². The predicted molar refractivity (Wildman–Crippen MR) is 47.3 cm³/mol. The molecule has 0 aliphatic rings. The summed E-state index contributed by atoms with van der Waals surface area (Å²) in [4.78, 5) is 0. The summed E-state index contributed by atoms with van der Waals surface area (Å²) in [6, 6.07) is 1.91. The molecule has 0 aliphatic carbocycles. The van der Waals surface area contributed by atoms with Gasteiger partial charge in [0.25, 0.3) is 0 Å². The van der Waals surface area contributed by atoms with Crippen LogP contribution in [-0.4, -0.2) is 12.8 Å². The first-order chi connectivity index (χ1) is 7.33. The molecule has 1 aromatic carbocycles. The number of hydrogen-bond donors (Lipinski definition) is 0. The lowest BCUT2D eigenvalue weighted by Gasteiger charge is -2.11. The summed E-state index contributed by atoms with van der Waals surface area (Å²) in [7, 11) is 0. The van der Waals surface area contributed by atoms with Gasteiger partial charge in [0.1, 0.15) is 0 Å². The van der Waals surface area contributed by atoms with Crippen LogP contribution < -0.4 is 4.74 Å². The van der Waals surface area contributed by atoms with Crippen LogP contribution in [0.4, 0.5) is 22.0 Å². The van der Waals surface area contributed by atoms with Gasteiger partial charge in [-0.1, -0.05) is 6.92 Å². The largest absolute Gasteiger partial charge is 0.478 e. The van der Waals surface area contributed by atoms with Gasteiger partial charge in [0.15, 0.2) is 24.0 Å². The zero-order valence-electron chi connectivity index (χ0n) is 8.37. The number of ether oxygens (including phenoxy) is 1. The van der Waals surface area contributed by atoms with Crippen molar-refractivity contribution in [3.05, 3.63) is 29.3 Å². The molecule has 0 unspecified atom stereocenters. The van der Waals surface area contributed by atoms with Crippen LogP contribution in [0.2, 0.25) is 0 Å². The maximum absolute atomic E-state index is 13.1. The zero-order chi connectivity index (χ0) is 12.3. The SMILES string of the molecule is CCc1cc(F)c(OCC(F)(F)F)c(F)c1. The number of hydrogen-bond acceptors (Lipinski definition) is 1. The molecule has 0 saturated carbocycles. The van der Waals surface area contributed by atoms with E-state index in [4.69, 9.17) is 0 Å². The fourth-order valence-corrected chi connectivity index (χ4v) is 1.11. The van der Waals surface area contributed by atoms with E-state index in [9.17, 15) is 22.0 Å². The molecule has 0 amide bonds. The Bertz CT molecular complexity index is 349. The molecule has 0 bridgehead atoms. The zero-order valence-corrected chi connectivity index (χ0v) is 8.37. The molecule has 0 spiro atoms. The van der Waals surface area contributed by atoms with Gasteiger partial charge in [0.05, 0.1) is 0 Å². The van der Waals surface area contributed by atoms with Gasteiger partial charge in [-0.3, -0.25) is 0 Å². The van der Waals surface area contributed by atoms with Gasteiger partial charge in [-0.05, 0) is 24.1 Å². The lowest BCUT2D eigenvalue weighted by atomic mass is 10.1. The molecule has 0 saturated heterocycles. The molecule has 0 N–H and O–H groups in total. The van der Waals surface area contributed by atoms with E-state index in [-0.39, 0.29) is 0 Å². The van der Waals surface area contributed by atoms with Crippen molar-refractivity contribution in [1.29, 1.82) is 0 Å². The van der Waals surface area contributed by atoms with Crippen LogP contribution in [0.3, 0.4) is 0 Å². The number of benzene rings is 1. The van der Waals surface area contributed by atoms with E-state index in [1.165, 1.54) is 0 Å². The van der Waals surface area contributed by atoms with Gasteiger partial charge in [0.2, 0.25) is 0 Å². The molecule has 1 nitrogen and oxygen atoms in total. The molecule has 1 rings (SSSR count). The maximum atomic E-state index is 13.1. The number of halogens is 5. The molecule has 0 atom stereocenters. The van der Waals surface area contributed by atoms with Crippen LogP contribution in [0.25, 0.3) is 0 Å². The van der Waals surface area contributed by atoms with Crippen molar-refractivity contribution in [2.75, 3.05) is 6.61 Å². The highest BCUT2D eigenvalue weighted by molar-refractivity contribution is 5.31. The number of alkyl halides is 3. The van der Waals surface area contributed by atoms with Gasteiger partial charge in [-0.15, -0.1) is 0 Å². The Morgan fingerprint density at radius 2 is 1.62 bits per heavy atom. The highest BCUT2D eigenvalue weighted by atomic mass is 19.4. The second-order valence-corrected chi connectivity index (χ2v) is 3.15. The van der Waals surface area contributed by atoms with Gasteiger partial charge in [-0.25, -0.2) is 8.78 Å². The minimum absolute atomic E-state index is 0.356. The van der Waals surface area contributed by atoms with Crippen LogP contribution >= 0.6 is 0 Å². The summed E-state index contributed by atoms with van der Waals surface area (Å²) in [5.41, 5.74) is 0.356. The van der Waals surface area contributed by atoms with Crippen molar-refractivity contribution in [2.24, 2.45) is 0 Å². The number of aryl methyl sites for hydroxylation is 1. The average Bonchev–Trinajstić information content (AvgIpc) is 2.14. The van der Waals surface area contributed by atoms with Gasteiger partial charge >= 0.3 is 6.18 Å². The molecule has 0 radical (unpaired) electrons. The lowest BCUT2D eigenvalue weighted by molar-refractivity contribution is -0.154. The second-order valence-electron chi connectivity index (χ2n) is 3.15. The summed E-state index contributed by atoms with van der Waals surface area (Å²) < 4.78 is 65.7. The summed E-state index contributed by atoms with van der Waals surface area (Å²) in [6.45, 7) is -0.0449. The fraction of sp³-hybridized carbons (Fsp3) is 0.400. The first-order valence-corrected chi connectivity index (χ1v) is 4.51. The van der Waals surface area contributed by atoms with Gasteiger partial charge < -0.3 is 4.74 Å². The molecule has 16 heavy (non-hydrogen) atoms. The third-order valence-corrected chi connectivity index (χ3v) is 1.85. The monoisotopic (exact) mass is 240 g/mol. The Balaban J connectivity index is 2.88. The molecule has 0 aliphatic heterocycles. The smallest absolute Gasteiger partial charge is 0.422 e. The first kappa shape index (κ1) is 12.7. The first-order valence-electron chi connectivity index (χ1n) is 4.51. The van der Waals surface area contributed by atoms with E-state index in [1.807, 2.05) is 0 Å². The van der Waals surface area contributed by atoms with Crippen LogP contribution in [0, 0.1) is 11.6 Å².